The number of carbonyl (C=O) groups excluding carboxylic acids is 1. The number of ether oxygens (including phenoxy) is 1. The van der Waals surface area contributed by atoms with Crippen LogP contribution in [-0.4, -0.2) is 64.7 Å². The topological polar surface area (TPSA) is 71.7 Å². The minimum absolute atomic E-state index is 0.0409. The van der Waals surface area contributed by atoms with Gasteiger partial charge in [0.1, 0.15) is 0 Å². The summed E-state index contributed by atoms with van der Waals surface area (Å²) < 4.78 is 9.99. The van der Waals surface area contributed by atoms with Gasteiger partial charge in [-0.25, -0.2) is 0 Å². The van der Waals surface area contributed by atoms with Crippen LogP contribution < -0.4 is 0 Å². The SMILES string of the molecule is CN(Cc1ncon1)C(=O)C(C)(C)N1CCOCC1. The summed E-state index contributed by atoms with van der Waals surface area (Å²) in [6, 6.07) is 0. The molecular weight excluding hydrogens is 248 g/mol. The highest BCUT2D eigenvalue weighted by molar-refractivity contribution is 5.85. The predicted octanol–water partition coefficient (Wildman–Crippen LogP) is 0.139. The van der Waals surface area contributed by atoms with E-state index < -0.39 is 5.54 Å². The molecule has 1 fully saturated rings. The molecule has 7 nitrogen and oxygen atoms in total. The molecule has 1 aromatic rings. The first-order chi connectivity index (χ1) is 9.01. The van der Waals surface area contributed by atoms with Crippen molar-refractivity contribution in [3.8, 4) is 0 Å². The Morgan fingerprint density at radius 1 is 1.47 bits per heavy atom. The number of morpholine rings is 1. The zero-order valence-corrected chi connectivity index (χ0v) is 11.6. The molecule has 0 saturated carbocycles. The van der Waals surface area contributed by atoms with Crippen LogP contribution in [0, 0.1) is 0 Å². The van der Waals surface area contributed by atoms with E-state index in [1.807, 2.05) is 13.8 Å². The van der Waals surface area contributed by atoms with E-state index >= 15 is 0 Å². The van der Waals surface area contributed by atoms with Crippen molar-refractivity contribution < 1.29 is 14.1 Å². The molecule has 1 saturated heterocycles. The van der Waals surface area contributed by atoms with Crippen molar-refractivity contribution >= 4 is 5.91 Å². The fourth-order valence-electron chi connectivity index (χ4n) is 2.27. The number of aromatic nitrogens is 2. The summed E-state index contributed by atoms with van der Waals surface area (Å²) in [5, 5.41) is 3.72. The van der Waals surface area contributed by atoms with E-state index in [1.54, 1.807) is 11.9 Å². The molecule has 2 rings (SSSR count). The van der Waals surface area contributed by atoms with Crippen LogP contribution in [-0.2, 0) is 16.1 Å². The van der Waals surface area contributed by atoms with Crippen molar-refractivity contribution in [1.29, 1.82) is 0 Å². The minimum Gasteiger partial charge on any atom is -0.379 e. The van der Waals surface area contributed by atoms with Gasteiger partial charge in [-0.3, -0.25) is 9.69 Å². The summed E-state index contributed by atoms with van der Waals surface area (Å²) in [5.41, 5.74) is -0.553. The molecule has 0 aromatic carbocycles. The van der Waals surface area contributed by atoms with Crippen LogP contribution in [0.25, 0.3) is 0 Å². The quantitative estimate of drug-likeness (QED) is 0.773. The third-order valence-corrected chi connectivity index (χ3v) is 3.46. The van der Waals surface area contributed by atoms with E-state index in [0.29, 0.717) is 25.6 Å². The molecule has 7 heteroatoms. The van der Waals surface area contributed by atoms with E-state index in [-0.39, 0.29) is 5.91 Å². The van der Waals surface area contributed by atoms with E-state index in [9.17, 15) is 4.79 Å². The normalized spacial score (nSPS) is 17.4. The van der Waals surface area contributed by atoms with Gasteiger partial charge in [0.05, 0.1) is 25.3 Å². The second-order valence-corrected chi connectivity index (χ2v) is 5.17. The van der Waals surface area contributed by atoms with Gasteiger partial charge in [0.15, 0.2) is 5.82 Å². The van der Waals surface area contributed by atoms with Gasteiger partial charge in [0, 0.05) is 20.1 Å². The highest BCUT2D eigenvalue weighted by Gasteiger charge is 2.37. The Balaban J connectivity index is 2.00. The first-order valence-electron chi connectivity index (χ1n) is 6.35. The Hall–Kier alpha value is -1.47. The van der Waals surface area contributed by atoms with E-state index in [1.165, 1.54) is 6.39 Å². The molecule has 0 spiro atoms. The van der Waals surface area contributed by atoms with Gasteiger partial charge in [0.25, 0.3) is 0 Å². The molecule has 0 aliphatic carbocycles. The lowest BCUT2D eigenvalue weighted by atomic mass is 10.00. The van der Waals surface area contributed by atoms with E-state index in [0.717, 1.165) is 13.1 Å². The number of rotatable bonds is 4. The summed E-state index contributed by atoms with van der Waals surface area (Å²) in [5.74, 6) is 0.549. The zero-order chi connectivity index (χ0) is 13.9. The molecule has 0 atom stereocenters. The van der Waals surface area contributed by atoms with Gasteiger partial charge in [-0.2, -0.15) is 4.98 Å². The molecule has 1 aromatic heterocycles. The maximum atomic E-state index is 12.5. The second-order valence-electron chi connectivity index (χ2n) is 5.17. The predicted molar refractivity (Wildman–Crippen MR) is 67.2 cm³/mol. The Kier molecular flexibility index (Phi) is 4.16. The summed E-state index contributed by atoms with van der Waals surface area (Å²) in [7, 11) is 1.75. The monoisotopic (exact) mass is 268 g/mol. The molecule has 0 radical (unpaired) electrons. The van der Waals surface area contributed by atoms with Gasteiger partial charge in [-0.05, 0) is 13.8 Å². The van der Waals surface area contributed by atoms with Crippen LogP contribution >= 0.6 is 0 Å². The summed E-state index contributed by atoms with van der Waals surface area (Å²) in [6.07, 6.45) is 1.26. The van der Waals surface area contributed by atoms with Crippen molar-refractivity contribution in [2.75, 3.05) is 33.4 Å². The number of carbonyl (C=O) groups is 1. The van der Waals surface area contributed by atoms with Crippen molar-refractivity contribution in [2.24, 2.45) is 0 Å². The Morgan fingerprint density at radius 3 is 2.74 bits per heavy atom. The molecule has 106 valence electrons. The lowest BCUT2D eigenvalue weighted by molar-refractivity contribution is -0.144. The van der Waals surface area contributed by atoms with Gasteiger partial charge in [-0.1, -0.05) is 5.16 Å². The van der Waals surface area contributed by atoms with E-state index in [4.69, 9.17) is 4.74 Å². The third kappa shape index (κ3) is 3.10. The smallest absolute Gasteiger partial charge is 0.242 e. The van der Waals surface area contributed by atoms with Crippen LogP contribution in [0.1, 0.15) is 19.7 Å². The lowest BCUT2D eigenvalue weighted by Gasteiger charge is -2.41. The molecular formula is C12H20N4O3. The fourth-order valence-corrected chi connectivity index (χ4v) is 2.27. The molecule has 0 bridgehead atoms. The summed E-state index contributed by atoms with van der Waals surface area (Å²) >= 11 is 0. The number of amides is 1. The van der Waals surface area contributed by atoms with Gasteiger partial charge in [-0.15, -0.1) is 0 Å². The van der Waals surface area contributed by atoms with Crippen LogP contribution in [0.3, 0.4) is 0 Å². The molecule has 0 unspecified atom stereocenters. The zero-order valence-electron chi connectivity index (χ0n) is 11.6. The van der Waals surface area contributed by atoms with Gasteiger partial charge >= 0.3 is 0 Å². The summed E-state index contributed by atoms with van der Waals surface area (Å²) in [4.78, 5) is 20.2. The number of nitrogens with zero attached hydrogens (tertiary/aromatic N) is 4. The standard InChI is InChI=1S/C12H20N4O3/c1-12(2,16-4-6-18-7-5-16)11(17)15(3)8-10-13-9-19-14-10/h9H,4-8H2,1-3H3. The molecule has 19 heavy (non-hydrogen) atoms. The molecule has 1 aliphatic heterocycles. The van der Waals surface area contributed by atoms with Crippen LogP contribution in [0.4, 0.5) is 0 Å². The largest absolute Gasteiger partial charge is 0.379 e. The number of hydrogen-bond acceptors (Lipinski definition) is 6. The first-order valence-corrected chi connectivity index (χ1v) is 6.35. The van der Waals surface area contributed by atoms with Crippen molar-refractivity contribution in [2.45, 2.75) is 25.9 Å². The minimum atomic E-state index is -0.553. The van der Waals surface area contributed by atoms with Gasteiger partial charge < -0.3 is 14.2 Å². The summed E-state index contributed by atoms with van der Waals surface area (Å²) in [6.45, 7) is 7.12. The average Bonchev–Trinajstić information content (AvgIpc) is 2.91. The fraction of sp³-hybridized carbons (Fsp3) is 0.750. The third-order valence-electron chi connectivity index (χ3n) is 3.46. The van der Waals surface area contributed by atoms with E-state index in [2.05, 4.69) is 19.6 Å². The maximum absolute atomic E-state index is 12.5. The van der Waals surface area contributed by atoms with Crippen LogP contribution in [0.5, 0.6) is 0 Å². The van der Waals surface area contributed by atoms with Crippen molar-refractivity contribution in [1.82, 2.24) is 19.9 Å². The van der Waals surface area contributed by atoms with Crippen LogP contribution in [0.15, 0.2) is 10.9 Å². The molecule has 0 N–H and O–H groups in total. The lowest BCUT2D eigenvalue weighted by Crippen LogP contribution is -2.58. The maximum Gasteiger partial charge on any atom is 0.242 e. The number of hydrogen-bond donors (Lipinski definition) is 0. The Labute approximate surface area is 112 Å². The average molecular weight is 268 g/mol. The molecule has 1 amide bonds. The Morgan fingerprint density at radius 2 is 2.16 bits per heavy atom. The highest BCUT2D eigenvalue weighted by Crippen LogP contribution is 2.19. The molecule has 2 heterocycles. The van der Waals surface area contributed by atoms with Gasteiger partial charge in [0.2, 0.25) is 12.3 Å². The first kappa shape index (κ1) is 14.0. The van der Waals surface area contributed by atoms with Crippen LogP contribution in [0.2, 0.25) is 0 Å². The Bertz CT molecular complexity index is 413. The van der Waals surface area contributed by atoms with Crippen molar-refractivity contribution in [3.05, 3.63) is 12.2 Å². The molecule has 1 aliphatic rings. The van der Waals surface area contributed by atoms with Crippen molar-refractivity contribution in [3.63, 3.8) is 0 Å². The highest BCUT2D eigenvalue weighted by atomic mass is 16.5. The number of likely N-dealkylation sites (N-methyl/N-ethyl adjacent to an activating group) is 1. The second kappa shape index (κ2) is 5.66.